The average molecular weight is 235 g/mol. The van der Waals surface area contributed by atoms with Crippen LogP contribution in [0, 0.1) is 0 Å². The Morgan fingerprint density at radius 3 is 2.27 bits per heavy atom. The van der Waals surface area contributed by atoms with Gasteiger partial charge in [0.15, 0.2) is 5.78 Å². The number of ketones is 1. The van der Waals surface area contributed by atoms with Gasteiger partial charge in [-0.25, -0.2) is 8.42 Å². The summed E-state index contributed by atoms with van der Waals surface area (Å²) in [5.74, 6) is -0.171. The Balaban J connectivity index is 4.27. The van der Waals surface area contributed by atoms with Gasteiger partial charge in [-0.05, 0) is 13.3 Å². The van der Waals surface area contributed by atoms with Crippen molar-refractivity contribution in [3.8, 4) is 0 Å². The second-order valence-electron chi connectivity index (χ2n) is 4.08. The van der Waals surface area contributed by atoms with Crippen LogP contribution in [0.4, 0.5) is 0 Å². The summed E-state index contributed by atoms with van der Waals surface area (Å²) in [5.41, 5.74) is 4.92. The first-order valence-electron chi connectivity index (χ1n) is 5.27. The SMILES string of the molecule is CCCC(C)(N)C(=O)CCS(=O)(=O)CC. The fraction of sp³-hybridized carbons (Fsp3) is 0.900. The van der Waals surface area contributed by atoms with Gasteiger partial charge in [0.1, 0.15) is 9.84 Å². The Labute approximate surface area is 92.2 Å². The lowest BCUT2D eigenvalue weighted by molar-refractivity contribution is -0.123. The molecule has 0 fully saturated rings. The molecule has 90 valence electrons. The smallest absolute Gasteiger partial charge is 0.153 e. The molecule has 0 rings (SSSR count). The number of hydrogen-bond donors (Lipinski definition) is 1. The molecule has 0 heterocycles. The first kappa shape index (κ1) is 14.6. The zero-order chi connectivity index (χ0) is 12.1. The van der Waals surface area contributed by atoms with E-state index in [2.05, 4.69) is 0 Å². The van der Waals surface area contributed by atoms with E-state index in [1.54, 1.807) is 13.8 Å². The number of carbonyl (C=O) groups excluding carboxylic acids is 1. The summed E-state index contributed by atoms with van der Waals surface area (Å²) in [6.07, 6.45) is 1.44. The maximum atomic E-state index is 11.6. The number of Topliss-reactive ketones (excluding diaryl/α,β-unsaturated/α-hetero) is 1. The van der Waals surface area contributed by atoms with Gasteiger partial charge in [0.05, 0.1) is 11.3 Å². The number of hydrogen-bond acceptors (Lipinski definition) is 4. The lowest BCUT2D eigenvalue weighted by atomic mass is 9.91. The van der Waals surface area contributed by atoms with Gasteiger partial charge in [0.25, 0.3) is 0 Å². The van der Waals surface area contributed by atoms with Gasteiger partial charge in [0, 0.05) is 12.2 Å². The zero-order valence-corrected chi connectivity index (χ0v) is 10.6. The van der Waals surface area contributed by atoms with Crippen molar-refractivity contribution in [3.05, 3.63) is 0 Å². The Morgan fingerprint density at radius 1 is 1.33 bits per heavy atom. The second kappa shape index (κ2) is 5.61. The minimum absolute atomic E-state index is 0.0309. The van der Waals surface area contributed by atoms with Crippen molar-refractivity contribution in [3.63, 3.8) is 0 Å². The molecule has 0 amide bonds. The number of rotatable bonds is 7. The van der Waals surface area contributed by atoms with Crippen LogP contribution in [0.5, 0.6) is 0 Å². The maximum Gasteiger partial charge on any atom is 0.153 e. The van der Waals surface area contributed by atoms with Crippen LogP contribution in [-0.4, -0.2) is 31.2 Å². The number of sulfone groups is 1. The van der Waals surface area contributed by atoms with E-state index in [1.165, 1.54) is 0 Å². The molecule has 0 saturated carbocycles. The van der Waals surface area contributed by atoms with E-state index in [-0.39, 0.29) is 23.7 Å². The quantitative estimate of drug-likeness (QED) is 0.711. The van der Waals surface area contributed by atoms with E-state index in [4.69, 9.17) is 5.73 Å². The molecule has 4 nitrogen and oxygen atoms in total. The molecule has 15 heavy (non-hydrogen) atoms. The fourth-order valence-electron chi connectivity index (χ4n) is 1.34. The van der Waals surface area contributed by atoms with E-state index < -0.39 is 15.4 Å². The molecule has 0 aromatic rings. The minimum atomic E-state index is -3.07. The highest BCUT2D eigenvalue weighted by atomic mass is 32.2. The summed E-state index contributed by atoms with van der Waals surface area (Å²) in [6, 6.07) is 0. The largest absolute Gasteiger partial charge is 0.319 e. The minimum Gasteiger partial charge on any atom is -0.319 e. The third-order valence-electron chi connectivity index (χ3n) is 2.49. The third kappa shape index (κ3) is 5.28. The first-order chi connectivity index (χ1) is 6.75. The van der Waals surface area contributed by atoms with Crippen LogP contribution in [-0.2, 0) is 14.6 Å². The molecule has 0 radical (unpaired) electrons. The summed E-state index contributed by atoms with van der Waals surface area (Å²) >= 11 is 0. The Morgan fingerprint density at radius 2 is 1.87 bits per heavy atom. The van der Waals surface area contributed by atoms with Crippen molar-refractivity contribution in [1.29, 1.82) is 0 Å². The third-order valence-corrected chi connectivity index (χ3v) is 4.19. The normalized spacial score (nSPS) is 16.0. The van der Waals surface area contributed by atoms with Crippen LogP contribution in [0.15, 0.2) is 0 Å². The summed E-state index contributed by atoms with van der Waals surface area (Å²) in [5, 5.41) is 0. The molecule has 1 unspecified atom stereocenters. The Hall–Kier alpha value is -0.420. The van der Waals surface area contributed by atoms with Crippen LogP contribution < -0.4 is 5.73 Å². The molecule has 0 aliphatic rings. The average Bonchev–Trinajstić information content (AvgIpc) is 2.14. The highest BCUT2D eigenvalue weighted by Gasteiger charge is 2.27. The Bertz CT molecular complexity index is 307. The van der Waals surface area contributed by atoms with Crippen molar-refractivity contribution >= 4 is 15.6 Å². The van der Waals surface area contributed by atoms with Gasteiger partial charge in [0.2, 0.25) is 0 Å². The standard InChI is InChI=1S/C10H21NO3S/c1-4-7-10(3,11)9(12)6-8-15(13,14)5-2/h4-8,11H2,1-3H3. The van der Waals surface area contributed by atoms with E-state index in [9.17, 15) is 13.2 Å². The summed E-state index contributed by atoms with van der Waals surface area (Å²) in [7, 11) is -3.07. The van der Waals surface area contributed by atoms with Crippen LogP contribution in [0.2, 0.25) is 0 Å². The molecule has 0 aliphatic carbocycles. The predicted molar refractivity (Wildman–Crippen MR) is 61.5 cm³/mol. The van der Waals surface area contributed by atoms with Gasteiger partial charge in [-0.2, -0.15) is 0 Å². The van der Waals surface area contributed by atoms with Crippen molar-refractivity contribution in [2.24, 2.45) is 5.73 Å². The van der Waals surface area contributed by atoms with Crippen molar-refractivity contribution in [2.45, 2.75) is 45.6 Å². The maximum absolute atomic E-state index is 11.6. The van der Waals surface area contributed by atoms with Crippen LogP contribution in [0.3, 0.4) is 0 Å². The molecule has 2 N–H and O–H groups in total. The van der Waals surface area contributed by atoms with Crippen LogP contribution in [0.25, 0.3) is 0 Å². The van der Waals surface area contributed by atoms with Crippen LogP contribution in [0.1, 0.15) is 40.0 Å². The summed E-state index contributed by atoms with van der Waals surface area (Å²) in [4.78, 5) is 11.6. The molecule has 0 aromatic carbocycles. The lowest BCUT2D eigenvalue weighted by Gasteiger charge is -2.22. The molecule has 0 saturated heterocycles. The molecular weight excluding hydrogens is 214 g/mol. The fourth-order valence-corrected chi connectivity index (χ4v) is 2.12. The molecule has 5 heteroatoms. The Kier molecular flexibility index (Phi) is 5.45. The molecule has 0 bridgehead atoms. The van der Waals surface area contributed by atoms with E-state index in [0.717, 1.165) is 6.42 Å². The molecule has 1 atom stereocenters. The lowest BCUT2D eigenvalue weighted by Crippen LogP contribution is -2.45. The van der Waals surface area contributed by atoms with Crippen molar-refractivity contribution in [2.75, 3.05) is 11.5 Å². The molecule has 0 aliphatic heterocycles. The predicted octanol–water partition coefficient (Wildman–Crippen LogP) is 0.898. The zero-order valence-electron chi connectivity index (χ0n) is 9.75. The van der Waals surface area contributed by atoms with Gasteiger partial charge >= 0.3 is 0 Å². The molecule has 0 spiro atoms. The molecular formula is C10H21NO3S. The highest BCUT2D eigenvalue weighted by Crippen LogP contribution is 2.12. The number of nitrogens with two attached hydrogens (primary N) is 1. The van der Waals surface area contributed by atoms with Crippen LogP contribution >= 0.6 is 0 Å². The highest BCUT2D eigenvalue weighted by molar-refractivity contribution is 7.91. The van der Waals surface area contributed by atoms with Gasteiger partial charge in [-0.1, -0.05) is 20.3 Å². The van der Waals surface area contributed by atoms with E-state index >= 15 is 0 Å². The van der Waals surface area contributed by atoms with Gasteiger partial charge in [-0.3, -0.25) is 4.79 Å². The molecule has 0 aromatic heterocycles. The topological polar surface area (TPSA) is 77.2 Å². The first-order valence-corrected chi connectivity index (χ1v) is 7.10. The van der Waals surface area contributed by atoms with E-state index in [0.29, 0.717) is 6.42 Å². The van der Waals surface area contributed by atoms with E-state index in [1.807, 2.05) is 6.92 Å². The van der Waals surface area contributed by atoms with Crippen molar-refractivity contribution < 1.29 is 13.2 Å². The monoisotopic (exact) mass is 235 g/mol. The van der Waals surface area contributed by atoms with Crippen molar-refractivity contribution in [1.82, 2.24) is 0 Å². The number of carbonyl (C=O) groups is 1. The second-order valence-corrected chi connectivity index (χ2v) is 6.55. The van der Waals surface area contributed by atoms with Gasteiger partial charge < -0.3 is 5.73 Å². The van der Waals surface area contributed by atoms with Gasteiger partial charge in [-0.15, -0.1) is 0 Å². The summed E-state index contributed by atoms with van der Waals surface area (Å²) in [6.45, 7) is 5.19. The summed E-state index contributed by atoms with van der Waals surface area (Å²) < 4.78 is 22.4.